The molecule has 160 valence electrons. The van der Waals surface area contributed by atoms with Gasteiger partial charge in [0.15, 0.2) is 0 Å². The predicted octanol–water partition coefficient (Wildman–Crippen LogP) is 3.33. The molecule has 6 heteroatoms. The van der Waals surface area contributed by atoms with E-state index in [-0.39, 0.29) is 17.7 Å². The summed E-state index contributed by atoms with van der Waals surface area (Å²) in [5.74, 6) is 1.16. The third-order valence-corrected chi connectivity index (χ3v) is 8.14. The van der Waals surface area contributed by atoms with Crippen LogP contribution in [0.25, 0.3) is 0 Å². The first-order chi connectivity index (χ1) is 14.1. The van der Waals surface area contributed by atoms with E-state index in [2.05, 4.69) is 23.2 Å². The first-order valence-corrected chi connectivity index (χ1v) is 12.3. The van der Waals surface area contributed by atoms with Crippen LogP contribution in [0.5, 0.6) is 0 Å². The van der Waals surface area contributed by atoms with Crippen molar-refractivity contribution in [3.8, 4) is 0 Å². The van der Waals surface area contributed by atoms with E-state index >= 15 is 0 Å². The van der Waals surface area contributed by atoms with Crippen molar-refractivity contribution in [2.24, 2.45) is 11.8 Å². The van der Waals surface area contributed by atoms with Gasteiger partial charge in [0.2, 0.25) is 5.91 Å². The van der Waals surface area contributed by atoms with Gasteiger partial charge >= 0.3 is 0 Å². The van der Waals surface area contributed by atoms with Crippen molar-refractivity contribution in [2.75, 3.05) is 39.3 Å². The Balaban J connectivity index is 1.28. The second kappa shape index (κ2) is 9.61. The smallest absolute Gasteiger partial charge is 0.263 e. The zero-order chi connectivity index (χ0) is 20.2. The molecule has 0 saturated carbocycles. The highest BCUT2D eigenvalue weighted by Gasteiger charge is 2.29. The monoisotopic (exact) mass is 417 g/mol. The molecule has 2 saturated heterocycles. The number of thiophene rings is 1. The Kier molecular flexibility index (Phi) is 6.91. The number of rotatable bonds is 5. The van der Waals surface area contributed by atoms with Crippen LogP contribution in [0.3, 0.4) is 0 Å². The predicted molar refractivity (Wildman–Crippen MR) is 117 cm³/mol. The van der Waals surface area contributed by atoms with Gasteiger partial charge in [0.05, 0.1) is 4.88 Å². The second-order valence-corrected chi connectivity index (χ2v) is 10.3. The molecule has 2 aliphatic heterocycles. The van der Waals surface area contributed by atoms with Crippen LogP contribution >= 0.6 is 11.3 Å². The van der Waals surface area contributed by atoms with Crippen LogP contribution in [0.4, 0.5) is 0 Å². The van der Waals surface area contributed by atoms with E-state index in [1.54, 1.807) is 11.3 Å². The average Bonchev–Trinajstić information content (AvgIpc) is 3.18. The number of piperidine rings is 2. The minimum absolute atomic E-state index is 0.0530. The van der Waals surface area contributed by atoms with E-state index in [0.717, 1.165) is 69.1 Å². The number of nitrogens with zero attached hydrogens (tertiary/aromatic N) is 2. The maximum Gasteiger partial charge on any atom is 0.263 e. The lowest BCUT2D eigenvalue weighted by molar-refractivity contribution is -0.125. The molecule has 2 amide bonds. The van der Waals surface area contributed by atoms with E-state index in [9.17, 15) is 9.59 Å². The Bertz CT molecular complexity index is 718. The largest absolute Gasteiger partial charge is 0.355 e. The average molecular weight is 418 g/mol. The zero-order valence-electron chi connectivity index (χ0n) is 17.8. The van der Waals surface area contributed by atoms with Crippen LogP contribution in [-0.2, 0) is 17.6 Å². The molecule has 1 aromatic heterocycles. The summed E-state index contributed by atoms with van der Waals surface area (Å²) in [6.45, 7) is 8.09. The summed E-state index contributed by atoms with van der Waals surface area (Å²) >= 11 is 1.66. The minimum atomic E-state index is 0.0530. The Morgan fingerprint density at radius 3 is 2.62 bits per heavy atom. The summed E-state index contributed by atoms with van der Waals surface area (Å²) < 4.78 is 0. The highest BCUT2D eigenvalue weighted by molar-refractivity contribution is 7.14. The molecule has 3 aliphatic rings. The summed E-state index contributed by atoms with van der Waals surface area (Å²) in [6.07, 6.45) is 8.74. The zero-order valence-corrected chi connectivity index (χ0v) is 18.6. The molecule has 0 bridgehead atoms. The van der Waals surface area contributed by atoms with Gasteiger partial charge in [-0.2, -0.15) is 0 Å². The summed E-state index contributed by atoms with van der Waals surface area (Å²) in [5, 5.41) is 3.16. The molecule has 5 nitrogen and oxygen atoms in total. The van der Waals surface area contributed by atoms with Crippen LogP contribution in [0, 0.1) is 11.8 Å². The molecule has 4 rings (SSSR count). The molecule has 0 radical (unpaired) electrons. The van der Waals surface area contributed by atoms with Gasteiger partial charge in [-0.15, -0.1) is 11.3 Å². The highest BCUT2D eigenvalue weighted by atomic mass is 32.1. The lowest BCUT2D eigenvalue weighted by Gasteiger charge is -2.29. The molecule has 2 fully saturated rings. The number of likely N-dealkylation sites (tertiary alicyclic amines) is 2. The lowest BCUT2D eigenvalue weighted by Crippen LogP contribution is -2.40. The van der Waals surface area contributed by atoms with E-state index in [0.29, 0.717) is 0 Å². The number of carbonyl (C=O) groups is 2. The van der Waals surface area contributed by atoms with Crippen LogP contribution in [0.1, 0.15) is 65.6 Å². The molecular formula is C23H35N3O2S. The van der Waals surface area contributed by atoms with Gasteiger partial charge in [-0.1, -0.05) is 13.3 Å². The fourth-order valence-electron chi connectivity index (χ4n) is 4.88. The summed E-state index contributed by atoms with van der Waals surface area (Å²) in [4.78, 5) is 32.2. The number of fused-ring (bicyclic) bond motifs is 1. The number of amides is 2. The van der Waals surface area contributed by atoms with Crippen LogP contribution < -0.4 is 5.32 Å². The topological polar surface area (TPSA) is 52.7 Å². The van der Waals surface area contributed by atoms with Gasteiger partial charge in [-0.25, -0.2) is 0 Å². The van der Waals surface area contributed by atoms with Crippen LogP contribution in [0.2, 0.25) is 0 Å². The maximum atomic E-state index is 12.9. The molecule has 3 heterocycles. The Morgan fingerprint density at radius 2 is 1.86 bits per heavy atom. The third kappa shape index (κ3) is 5.21. The Hall–Kier alpha value is -1.40. The van der Waals surface area contributed by atoms with Crippen molar-refractivity contribution >= 4 is 23.2 Å². The summed E-state index contributed by atoms with van der Waals surface area (Å²) in [5.41, 5.74) is 1.23. The number of nitrogens with one attached hydrogen (secondary N) is 1. The molecule has 0 unspecified atom stereocenters. The maximum absolute atomic E-state index is 12.9. The SMILES string of the molecule is CC1CCN(C(=O)c2cc3c(s2)CC[C@@H](C(=O)NCCN2CCCCC2)C3)CC1. The lowest BCUT2D eigenvalue weighted by atomic mass is 9.87. The fraction of sp³-hybridized carbons (Fsp3) is 0.739. The molecule has 0 spiro atoms. The van der Waals surface area contributed by atoms with Gasteiger partial charge in [0.25, 0.3) is 5.91 Å². The number of hydrogen-bond acceptors (Lipinski definition) is 4. The molecule has 0 aromatic carbocycles. The molecule has 1 atom stereocenters. The van der Waals surface area contributed by atoms with E-state index < -0.39 is 0 Å². The normalized spacial score (nSPS) is 23.6. The van der Waals surface area contributed by atoms with Crippen molar-refractivity contribution in [3.05, 3.63) is 21.4 Å². The Morgan fingerprint density at radius 1 is 1.10 bits per heavy atom. The van der Waals surface area contributed by atoms with Gasteiger partial charge in [-0.05, 0) is 75.6 Å². The standard InChI is InChI=1S/C23H35N3O2S/c1-17-7-12-26(13-8-17)23(28)21-16-19-15-18(5-6-20(19)29-21)22(27)24-9-14-25-10-3-2-4-11-25/h16-18H,2-15H2,1H3,(H,24,27)/t18-/m1/s1. The molecule has 1 aliphatic carbocycles. The van der Waals surface area contributed by atoms with Crippen molar-refractivity contribution in [1.82, 2.24) is 15.1 Å². The molecular weight excluding hydrogens is 382 g/mol. The van der Waals surface area contributed by atoms with Crippen LogP contribution in [-0.4, -0.2) is 60.9 Å². The van der Waals surface area contributed by atoms with Crippen molar-refractivity contribution in [2.45, 2.75) is 58.3 Å². The molecule has 1 aromatic rings. The fourth-order valence-corrected chi connectivity index (χ4v) is 6.06. The number of carbonyl (C=O) groups excluding carboxylic acids is 2. The minimum Gasteiger partial charge on any atom is -0.355 e. The van der Waals surface area contributed by atoms with Gasteiger partial charge in [0.1, 0.15) is 0 Å². The second-order valence-electron chi connectivity index (χ2n) is 9.17. The highest BCUT2D eigenvalue weighted by Crippen LogP contribution is 2.33. The molecule has 29 heavy (non-hydrogen) atoms. The first kappa shape index (κ1) is 20.9. The first-order valence-electron chi connectivity index (χ1n) is 11.5. The summed E-state index contributed by atoms with van der Waals surface area (Å²) in [7, 11) is 0. The summed E-state index contributed by atoms with van der Waals surface area (Å²) in [6, 6.07) is 2.08. The van der Waals surface area contributed by atoms with Crippen molar-refractivity contribution in [3.63, 3.8) is 0 Å². The van der Waals surface area contributed by atoms with E-state index in [4.69, 9.17) is 0 Å². The quantitative estimate of drug-likeness (QED) is 0.800. The van der Waals surface area contributed by atoms with Gasteiger partial charge < -0.3 is 15.1 Å². The van der Waals surface area contributed by atoms with E-state index in [1.165, 1.54) is 42.8 Å². The third-order valence-electron chi connectivity index (χ3n) is 6.91. The van der Waals surface area contributed by atoms with Crippen molar-refractivity contribution in [1.29, 1.82) is 0 Å². The van der Waals surface area contributed by atoms with Gasteiger partial charge in [-0.3, -0.25) is 9.59 Å². The van der Waals surface area contributed by atoms with Crippen LogP contribution in [0.15, 0.2) is 6.07 Å². The van der Waals surface area contributed by atoms with Crippen molar-refractivity contribution < 1.29 is 9.59 Å². The molecule has 1 N–H and O–H groups in total. The number of hydrogen-bond donors (Lipinski definition) is 1. The number of aryl methyl sites for hydroxylation is 1. The van der Waals surface area contributed by atoms with E-state index in [1.807, 2.05) is 4.90 Å². The Labute approximate surface area is 178 Å². The van der Waals surface area contributed by atoms with Gasteiger partial charge in [0, 0.05) is 37.0 Å².